The first kappa shape index (κ1) is 36.8. The van der Waals surface area contributed by atoms with Gasteiger partial charge in [0.25, 0.3) is 11.8 Å². The number of sulfonamides is 1. The van der Waals surface area contributed by atoms with Crippen molar-refractivity contribution < 1.29 is 51.0 Å². The predicted octanol–water partition coefficient (Wildman–Crippen LogP) is 3.80. The molecule has 1 aromatic heterocycles. The summed E-state index contributed by atoms with van der Waals surface area (Å²) in [6.07, 6.45) is 4.06. The van der Waals surface area contributed by atoms with Gasteiger partial charge in [0, 0.05) is 17.7 Å². The van der Waals surface area contributed by atoms with E-state index >= 15 is 8.78 Å². The van der Waals surface area contributed by atoms with Crippen molar-refractivity contribution >= 4 is 44.7 Å². The summed E-state index contributed by atoms with van der Waals surface area (Å²) >= 11 is 0. The highest BCUT2D eigenvalue weighted by atomic mass is 32.2. The number of benzene rings is 1. The largest absolute Gasteiger partial charge is 0.497 e. The molecule has 53 heavy (non-hydrogen) atoms. The first-order valence-electron chi connectivity index (χ1n) is 17.8. The lowest BCUT2D eigenvalue weighted by Gasteiger charge is -2.40. The maximum Gasteiger partial charge on any atom is 0.405 e. The summed E-state index contributed by atoms with van der Waals surface area (Å²) in [5.41, 5.74) is -3.45. The van der Waals surface area contributed by atoms with Crippen LogP contribution in [0.3, 0.4) is 0 Å². The summed E-state index contributed by atoms with van der Waals surface area (Å²) in [6, 6.07) is 1.83. The lowest BCUT2D eigenvalue weighted by atomic mass is 9.84. The molecule has 0 radical (unpaired) electrons. The van der Waals surface area contributed by atoms with Crippen molar-refractivity contribution in [2.24, 2.45) is 5.92 Å². The van der Waals surface area contributed by atoms with Gasteiger partial charge in [-0.2, -0.15) is 0 Å². The highest BCUT2D eigenvalue weighted by Gasteiger charge is 2.65. The maximum atomic E-state index is 16.6. The van der Waals surface area contributed by atoms with Crippen LogP contribution in [0.2, 0.25) is 0 Å². The van der Waals surface area contributed by atoms with Gasteiger partial charge in [0.2, 0.25) is 21.8 Å². The number of nitrogens with zero attached hydrogens (tertiary/aromatic N) is 2. The number of carbonyl (C=O) groups is 4. The molecule has 1 aromatic carbocycles. The summed E-state index contributed by atoms with van der Waals surface area (Å²) in [7, 11) is -2.67. The van der Waals surface area contributed by atoms with Crippen molar-refractivity contribution in [3.63, 3.8) is 0 Å². The third-order valence-electron chi connectivity index (χ3n) is 11.5. The van der Waals surface area contributed by atoms with E-state index in [0.29, 0.717) is 49.8 Å². The Hall–Kier alpha value is -4.54. The smallest absolute Gasteiger partial charge is 0.405 e. The predicted molar refractivity (Wildman–Crippen MR) is 186 cm³/mol. The highest BCUT2D eigenvalue weighted by molar-refractivity contribution is 7.91. The number of fused-ring (bicyclic) bond motifs is 5. The van der Waals surface area contributed by atoms with E-state index in [1.54, 1.807) is 18.2 Å². The Balaban J connectivity index is 1.27. The van der Waals surface area contributed by atoms with Crippen LogP contribution in [-0.4, -0.2) is 88.8 Å². The minimum Gasteiger partial charge on any atom is -0.497 e. The van der Waals surface area contributed by atoms with Crippen LogP contribution >= 0.6 is 0 Å². The molecule has 1 saturated heterocycles. The van der Waals surface area contributed by atoms with Crippen molar-refractivity contribution in [3.8, 4) is 11.5 Å². The number of amides is 4. The number of nitrogens with one attached hydrogen (secondary N) is 3. The molecule has 0 unspecified atom stereocenters. The standard InChI is InChI=1S/C36H43F2N5O9S/c1-20-28-27(23-15-22(51-3)11-12-24(23)39-20)36(37,38)18-34(52-28)17-26-29(44)41-35(31(46)42-53(49,50)33(2)13-14-33)16-21(35)9-7-5-4-6-8-10-25(40-32(47)48)30(45)43(26)19-34/h7,9,11-12,15,21,25-26,40H,4-6,8,10,13-14,16-19H2,1-3H3,(H,41,44)(H,42,46)(H,47,48)/t21-,25+,26+,34+,35-/m1/s1. The second-order valence-electron chi connectivity index (χ2n) is 15.4. The molecular formula is C36H43F2N5O9S. The Morgan fingerprint density at radius 3 is 2.60 bits per heavy atom. The number of carbonyl (C=O) groups excluding carboxylic acids is 3. The normalized spacial score (nSPS) is 30.4. The van der Waals surface area contributed by atoms with Crippen LogP contribution < -0.4 is 24.8 Å². The summed E-state index contributed by atoms with van der Waals surface area (Å²) in [5.74, 6) is -6.58. The zero-order valence-corrected chi connectivity index (χ0v) is 30.5. The van der Waals surface area contributed by atoms with E-state index in [4.69, 9.17) is 9.47 Å². The van der Waals surface area contributed by atoms with E-state index in [-0.39, 0.29) is 29.7 Å². The number of aryl methyl sites for hydroxylation is 1. The van der Waals surface area contributed by atoms with Gasteiger partial charge in [-0.25, -0.2) is 27.0 Å². The second-order valence-corrected chi connectivity index (χ2v) is 17.6. The number of rotatable bonds is 5. The van der Waals surface area contributed by atoms with Gasteiger partial charge in [0.15, 0.2) is 5.75 Å². The Kier molecular flexibility index (Phi) is 8.89. The minimum absolute atomic E-state index is 0.0751. The van der Waals surface area contributed by atoms with Crippen molar-refractivity contribution in [2.75, 3.05) is 13.7 Å². The molecule has 0 bridgehead atoms. The molecule has 1 spiro atoms. The first-order valence-corrected chi connectivity index (χ1v) is 19.3. The molecule has 5 aliphatic rings. The van der Waals surface area contributed by atoms with Crippen LogP contribution in [0.4, 0.5) is 13.6 Å². The molecule has 3 fully saturated rings. The van der Waals surface area contributed by atoms with Crippen molar-refractivity contribution in [1.29, 1.82) is 0 Å². The minimum atomic E-state index is -4.08. The van der Waals surface area contributed by atoms with Crippen LogP contribution in [0.15, 0.2) is 30.4 Å². The number of halogens is 2. The fourth-order valence-electron chi connectivity index (χ4n) is 8.04. The van der Waals surface area contributed by atoms with Gasteiger partial charge < -0.3 is 30.1 Å². The number of hydrogen-bond acceptors (Lipinski definition) is 9. The lowest BCUT2D eigenvalue weighted by Crippen LogP contribution is -2.58. The third kappa shape index (κ3) is 6.54. The van der Waals surface area contributed by atoms with Gasteiger partial charge >= 0.3 is 6.09 Å². The summed E-state index contributed by atoms with van der Waals surface area (Å²) in [4.78, 5) is 59.9. The first-order chi connectivity index (χ1) is 24.9. The summed E-state index contributed by atoms with van der Waals surface area (Å²) in [6.45, 7) is 2.55. The molecule has 286 valence electrons. The zero-order chi connectivity index (χ0) is 38.1. The van der Waals surface area contributed by atoms with E-state index in [0.717, 1.165) is 4.90 Å². The fourth-order valence-corrected chi connectivity index (χ4v) is 9.36. The number of alkyl halides is 2. The van der Waals surface area contributed by atoms with Gasteiger partial charge in [-0.1, -0.05) is 25.0 Å². The molecule has 3 aliphatic heterocycles. The van der Waals surface area contributed by atoms with Gasteiger partial charge in [0.05, 0.1) is 41.6 Å². The molecule has 4 N–H and O–H groups in total. The third-order valence-corrected chi connectivity index (χ3v) is 13.6. The average molecular weight is 760 g/mol. The zero-order valence-electron chi connectivity index (χ0n) is 29.7. The number of ether oxygens (including phenoxy) is 2. The molecule has 14 nitrogen and oxygen atoms in total. The second kappa shape index (κ2) is 12.8. The number of aromatic nitrogens is 1. The number of allylic oxidation sites excluding steroid dienone is 1. The number of pyridine rings is 1. The molecular weight excluding hydrogens is 716 g/mol. The lowest BCUT2D eigenvalue weighted by molar-refractivity contribution is -0.141. The van der Waals surface area contributed by atoms with Crippen molar-refractivity contribution in [1.82, 2.24) is 25.2 Å². The summed E-state index contributed by atoms with van der Waals surface area (Å²) in [5, 5.41) is 14.7. The maximum absolute atomic E-state index is 16.6. The van der Waals surface area contributed by atoms with Gasteiger partial charge in [-0.05, 0) is 70.6 Å². The number of carboxylic acid groups (broad SMARTS) is 1. The molecule has 17 heteroatoms. The molecule has 2 saturated carbocycles. The quantitative estimate of drug-likeness (QED) is 0.326. The number of methoxy groups -OCH3 is 1. The van der Waals surface area contributed by atoms with Crippen molar-refractivity contribution in [2.45, 2.75) is 112 Å². The Morgan fingerprint density at radius 1 is 1.15 bits per heavy atom. The van der Waals surface area contributed by atoms with Gasteiger partial charge in [-0.15, -0.1) is 0 Å². The molecule has 4 amide bonds. The Labute approximate surface area is 305 Å². The number of hydrogen-bond donors (Lipinski definition) is 4. The van der Waals surface area contributed by atoms with E-state index < -0.39 is 98.6 Å². The van der Waals surface area contributed by atoms with E-state index in [1.807, 2.05) is 6.08 Å². The monoisotopic (exact) mass is 759 g/mol. The highest BCUT2D eigenvalue weighted by Crippen LogP contribution is 2.55. The van der Waals surface area contributed by atoms with E-state index in [2.05, 4.69) is 20.3 Å². The molecule has 7 rings (SSSR count). The Morgan fingerprint density at radius 2 is 1.91 bits per heavy atom. The summed E-state index contributed by atoms with van der Waals surface area (Å²) < 4.78 is 72.2. The van der Waals surface area contributed by atoms with E-state index in [9.17, 15) is 32.7 Å². The van der Waals surface area contributed by atoms with Crippen LogP contribution in [0.25, 0.3) is 10.9 Å². The van der Waals surface area contributed by atoms with Gasteiger partial charge in [0.1, 0.15) is 29.0 Å². The molecule has 2 aromatic rings. The van der Waals surface area contributed by atoms with E-state index in [1.165, 1.54) is 27.0 Å². The van der Waals surface area contributed by atoms with Crippen LogP contribution in [0, 0.1) is 12.8 Å². The van der Waals surface area contributed by atoms with Gasteiger partial charge in [-0.3, -0.25) is 19.1 Å². The Bertz CT molecular complexity index is 2040. The molecule has 2 aliphatic carbocycles. The van der Waals surface area contributed by atoms with Crippen LogP contribution in [0.5, 0.6) is 11.5 Å². The van der Waals surface area contributed by atoms with Crippen LogP contribution in [0.1, 0.15) is 82.4 Å². The molecule has 4 heterocycles. The average Bonchev–Trinajstić information content (AvgIpc) is 3.97. The molecule has 5 atom stereocenters. The van der Waals surface area contributed by atoms with Crippen LogP contribution in [-0.2, 0) is 30.3 Å². The fraction of sp³-hybridized carbons (Fsp3) is 0.583. The van der Waals surface area contributed by atoms with Crippen molar-refractivity contribution in [3.05, 3.63) is 41.6 Å². The SMILES string of the molecule is COc1ccc2nc(C)c3c(c2c1)C(F)(F)C[C@]1(C[C@H]2C(=O)N[C@]4(C(=O)NS(=O)(=O)C5(C)CC5)C[C@H]4C=CCCCCC[C@H](NC(=O)O)C(=O)N2C1)O3. The topological polar surface area (TPSA) is 193 Å².